The molecule has 1 nitrogen and oxygen atoms in total. The molecule has 0 bridgehead atoms. The zero-order valence-corrected chi connectivity index (χ0v) is 15.7. The lowest BCUT2D eigenvalue weighted by Crippen LogP contribution is -2.10. The van der Waals surface area contributed by atoms with Crippen LogP contribution in [0.25, 0.3) is 0 Å². The van der Waals surface area contributed by atoms with Crippen molar-refractivity contribution in [3.63, 3.8) is 0 Å². The third-order valence-electron chi connectivity index (χ3n) is 3.43. The Hall–Kier alpha value is -0.510. The largest absolute Gasteiger partial charge is 0.496 e. The fourth-order valence-electron chi connectivity index (χ4n) is 2.33. The first kappa shape index (κ1) is 16.9. The maximum absolute atomic E-state index is 6.17. The van der Waals surface area contributed by atoms with E-state index in [1.54, 1.807) is 7.11 Å². The third kappa shape index (κ3) is 4.73. The standard InChI is InChI=1S/C17H17Br2ClO/c1-21-17-7-6-12(10-16(17)19)8-13(11-20)9-14-4-2-3-5-15(14)18/h2-7,10,13H,8-9,11H2,1H3. The number of alkyl halides is 1. The second-order valence-electron chi connectivity index (χ2n) is 4.99. The molecule has 0 aliphatic rings. The van der Waals surface area contributed by atoms with Gasteiger partial charge in [-0.15, -0.1) is 11.6 Å². The van der Waals surface area contributed by atoms with Crippen molar-refractivity contribution in [1.82, 2.24) is 0 Å². The van der Waals surface area contributed by atoms with E-state index in [1.165, 1.54) is 11.1 Å². The molecule has 0 aliphatic heterocycles. The molecule has 2 aromatic carbocycles. The van der Waals surface area contributed by atoms with E-state index in [0.29, 0.717) is 11.8 Å². The van der Waals surface area contributed by atoms with E-state index < -0.39 is 0 Å². The topological polar surface area (TPSA) is 9.23 Å². The summed E-state index contributed by atoms with van der Waals surface area (Å²) in [6.07, 6.45) is 1.92. The molecule has 0 radical (unpaired) electrons. The van der Waals surface area contributed by atoms with Crippen LogP contribution in [0.15, 0.2) is 51.4 Å². The van der Waals surface area contributed by atoms with E-state index in [2.05, 4.69) is 62.2 Å². The van der Waals surface area contributed by atoms with Crippen molar-refractivity contribution in [3.8, 4) is 5.75 Å². The summed E-state index contributed by atoms with van der Waals surface area (Å²) in [5.74, 6) is 1.91. The first-order chi connectivity index (χ1) is 10.1. The molecule has 1 unspecified atom stereocenters. The quantitative estimate of drug-likeness (QED) is 0.520. The average molecular weight is 433 g/mol. The lowest BCUT2D eigenvalue weighted by Gasteiger charge is -2.16. The van der Waals surface area contributed by atoms with Crippen LogP contribution >= 0.6 is 43.5 Å². The molecule has 2 aromatic rings. The van der Waals surface area contributed by atoms with Crippen molar-refractivity contribution in [2.45, 2.75) is 12.8 Å². The Labute approximate surface area is 147 Å². The summed E-state index contributed by atoms with van der Waals surface area (Å²) in [7, 11) is 1.67. The van der Waals surface area contributed by atoms with Crippen molar-refractivity contribution in [1.29, 1.82) is 0 Å². The Morgan fingerprint density at radius 3 is 2.43 bits per heavy atom. The first-order valence-electron chi connectivity index (χ1n) is 6.75. The SMILES string of the molecule is COc1ccc(CC(CCl)Cc2ccccc2Br)cc1Br. The predicted octanol–water partition coefficient (Wildman–Crippen LogP) is 5.86. The van der Waals surface area contributed by atoms with Gasteiger partial charge in [0, 0.05) is 10.4 Å². The summed E-state index contributed by atoms with van der Waals surface area (Å²) in [4.78, 5) is 0. The molecule has 0 spiro atoms. The lowest BCUT2D eigenvalue weighted by molar-refractivity contribution is 0.412. The molecule has 4 heteroatoms. The molecule has 0 saturated heterocycles. The molecule has 0 aromatic heterocycles. The van der Waals surface area contributed by atoms with Gasteiger partial charge in [0.25, 0.3) is 0 Å². The van der Waals surface area contributed by atoms with E-state index >= 15 is 0 Å². The summed E-state index contributed by atoms with van der Waals surface area (Å²) < 4.78 is 7.40. The number of benzene rings is 2. The normalized spacial score (nSPS) is 12.2. The van der Waals surface area contributed by atoms with Crippen LogP contribution in [-0.2, 0) is 12.8 Å². The molecule has 112 valence electrons. The first-order valence-corrected chi connectivity index (χ1v) is 8.88. The van der Waals surface area contributed by atoms with E-state index in [1.807, 2.05) is 12.1 Å². The van der Waals surface area contributed by atoms with Gasteiger partial charge in [-0.2, -0.15) is 0 Å². The molecular weight excluding hydrogens is 415 g/mol. The van der Waals surface area contributed by atoms with E-state index in [0.717, 1.165) is 27.5 Å². The fourth-order valence-corrected chi connectivity index (χ4v) is 3.58. The Morgan fingerprint density at radius 1 is 1.05 bits per heavy atom. The molecule has 1 atom stereocenters. The number of methoxy groups -OCH3 is 1. The van der Waals surface area contributed by atoms with E-state index in [-0.39, 0.29) is 0 Å². The van der Waals surface area contributed by atoms with Gasteiger partial charge in [0.2, 0.25) is 0 Å². The minimum atomic E-state index is 0.408. The summed E-state index contributed by atoms with van der Waals surface area (Å²) >= 11 is 13.3. The van der Waals surface area contributed by atoms with Crippen molar-refractivity contribution in [2.75, 3.05) is 13.0 Å². The molecule has 0 amide bonds. The molecule has 0 N–H and O–H groups in total. The van der Waals surface area contributed by atoms with Crippen LogP contribution in [0.5, 0.6) is 5.75 Å². The van der Waals surface area contributed by atoms with Crippen LogP contribution in [0.4, 0.5) is 0 Å². The molecule has 2 rings (SSSR count). The van der Waals surface area contributed by atoms with Gasteiger partial charge in [0.15, 0.2) is 0 Å². The summed E-state index contributed by atoms with van der Waals surface area (Å²) in [5, 5.41) is 0. The Bertz CT molecular complexity index is 601. The van der Waals surface area contributed by atoms with Gasteiger partial charge in [-0.3, -0.25) is 0 Å². The van der Waals surface area contributed by atoms with Gasteiger partial charge < -0.3 is 4.74 Å². The zero-order valence-electron chi connectivity index (χ0n) is 11.8. The van der Waals surface area contributed by atoms with Gasteiger partial charge in [0.1, 0.15) is 5.75 Å². The number of hydrogen-bond donors (Lipinski definition) is 0. The van der Waals surface area contributed by atoms with Gasteiger partial charge in [-0.1, -0.05) is 40.2 Å². The maximum Gasteiger partial charge on any atom is 0.133 e. The van der Waals surface area contributed by atoms with Gasteiger partial charge in [0.05, 0.1) is 11.6 Å². The van der Waals surface area contributed by atoms with Crippen molar-refractivity contribution in [2.24, 2.45) is 5.92 Å². The minimum absolute atomic E-state index is 0.408. The van der Waals surface area contributed by atoms with Gasteiger partial charge in [-0.25, -0.2) is 0 Å². The van der Waals surface area contributed by atoms with Crippen LogP contribution in [0.1, 0.15) is 11.1 Å². The molecule has 0 fully saturated rings. The molecular formula is C17H17Br2ClO. The van der Waals surface area contributed by atoms with Gasteiger partial charge >= 0.3 is 0 Å². The maximum atomic E-state index is 6.17. The summed E-state index contributed by atoms with van der Waals surface area (Å²) in [6.45, 7) is 0. The summed E-state index contributed by atoms with van der Waals surface area (Å²) in [5.41, 5.74) is 2.57. The number of halogens is 3. The number of rotatable bonds is 6. The smallest absolute Gasteiger partial charge is 0.133 e. The van der Waals surface area contributed by atoms with Crippen LogP contribution in [0.2, 0.25) is 0 Å². The summed E-state index contributed by atoms with van der Waals surface area (Å²) in [6, 6.07) is 14.5. The number of hydrogen-bond acceptors (Lipinski definition) is 1. The van der Waals surface area contributed by atoms with Crippen molar-refractivity contribution < 1.29 is 4.74 Å². The Morgan fingerprint density at radius 2 is 1.81 bits per heavy atom. The zero-order chi connectivity index (χ0) is 15.2. The van der Waals surface area contributed by atoms with Crippen molar-refractivity contribution in [3.05, 3.63) is 62.5 Å². The Balaban J connectivity index is 2.09. The lowest BCUT2D eigenvalue weighted by atomic mass is 9.94. The highest BCUT2D eigenvalue weighted by atomic mass is 79.9. The monoisotopic (exact) mass is 430 g/mol. The number of ether oxygens (including phenoxy) is 1. The highest BCUT2D eigenvalue weighted by molar-refractivity contribution is 9.10. The predicted molar refractivity (Wildman–Crippen MR) is 96.5 cm³/mol. The van der Waals surface area contributed by atoms with Gasteiger partial charge in [-0.05, 0) is 64.0 Å². The van der Waals surface area contributed by atoms with Crippen LogP contribution < -0.4 is 4.74 Å². The molecule has 0 saturated carbocycles. The van der Waals surface area contributed by atoms with Crippen molar-refractivity contribution >= 4 is 43.5 Å². The Kier molecular flexibility index (Phi) is 6.59. The molecule has 0 heterocycles. The second kappa shape index (κ2) is 8.21. The van der Waals surface area contributed by atoms with Crippen LogP contribution in [-0.4, -0.2) is 13.0 Å². The molecule has 0 aliphatic carbocycles. The van der Waals surface area contributed by atoms with Crippen LogP contribution in [0, 0.1) is 5.92 Å². The average Bonchev–Trinajstić information content (AvgIpc) is 2.49. The minimum Gasteiger partial charge on any atom is -0.496 e. The highest BCUT2D eigenvalue weighted by Gasteiger charge is 2.12. The fraction of sp³-hybridized carbons (Fsp3) is 0.294. The third-order valence-corrected chi connectivity index (χ3v) is 5.25. The second-order valence-corrected chi connectivity index (χ2v) is 7.01. The highest BCUT2D eigenvalue weighted by Crippen LogP contribution is 2.28. The van der Waals surface area contributed by atoms with Crippen LogP contribution in [0.3, 0.4) is 0 Å². The molecule has 21 heavy (non-hydrogen) atoms. The van der Waals surface area contributed by atoms with E-state index in [4.69, 9.17) is 16.3 Å². The van der Waals surface area contributed by atoms with E-state index in [9.17, 15) is 0 Å².